The number of anilines is 2. The summed E-state index contributed by atoms with van der Waals surface area (Å²) in [6.07, 6.45) is 0. The molecule has 7 heteroatoms. The van der Waals surface area contributed by atoms with E-state index in [4.69, 9.17) is 16.6 Å². The third-order valence-electron chi connectivity index (χ3n) is 3.79. The maximum Gasteiger partial charge on any atom is 0.168 e. The van der Waals surface area contributed by atoms with Crippen LogP contribution in [0.15, 0.2) is 0 Å². The number of nitrogens with two attached hydrogens (primary N) is 2. The fourth-order valence-corrected chi connectivity index (χ4v) is 2.42. The predicted octanol–water partition coefficient (Wildman–Crippen LogP) is -1.03. The second-order valence-electron chi connectivity index (χ2n) is 5.01. The Labute approximate surface area is 113 Å². The zero-order valence-corrected chi connectivity index (χ0v) is 11.5. The van der Waals surface area contributed by atoms with Gasteiger partial charge in [0.15, 0.2) is 5.82 Å². The fraction of sp³-hybridized carbons (Fsp3) is 0.750. The monoisotopic (exact) mass is 268 g/mol. The predicted molar refractivity (Wildman–Crippen MR) is 75.8 cm³/mol. The van der Waals surface area contributed by atoms with Gasteiger partial charge in [-0.25, -0.2) is 0 Å². The first-order valence-corrected chi connectivity index (χ1v) is 6.75. The maximum atomic E-state index is 8.90. The van der Waals surface area contributed by atoms with Crippen LogP contribution in [0.1, 0.15) is 5.69 Å². The van der Waals surface area contributed by atoms with Gasteiger partial charge in [0.1, 0.15) is 0 Å². The van der Waals surface area contributed by atoms with Crippen molar-refractivity contribution in [2.24, 2.45) is 0 Å². The van der Waals surface area contributed by atoms with Crippen LogP contribution in [0.3, 0.4) is 0 Å². The van der Waals surface area contributed by atoms with Crippen molar-refractivity contribution < 1.29 is 5.11 Å². The molecule has 2 heterocycles. The van der Waals surface area contributed by atoms with Crippen LogP contribution in [0, 0.1) is 6.92 Å². The normalized spacial score (nSPS) is 18.0. The molecule has 0 bridgehead atoms. The van der Waals surface area contributed by atoms with Gasteiger partial charge in [0.2, 0.25) is 0 Å². The van der Waals surface area contributed by atoms with E-state index in [0.29, 0.717) is 11.5 Å². The molecule has 0 amide bonds. The smallest absolute Gasteiger partial charge is 0.168 e. The average Bonchev–Trinajstić information content (AvgIpc) is 2.66. The lowest BCUT2D eigenvalue weighted by Gasteiger charge is -2.34. The molecule has 0 aliphatic carbocycles. The second-order valence-corrected chi connectivity index (χ2v) is 5.01. The van der Waals surface area contributed by atoms with E-state index in [9.17, 15) is 0 Å². The quantitative estimate of drug-likeness (QED) is 0.631. The van der Waals surface area contributed by atoms with Crippen LogP contribution in [0.5, 0.6) is 0 Å². The number of nitrogens with zero attached hydrogens (tertiary/aromatic N) is 4. The van der Waals surface area contributed by atoms with Crippen LogP contribution < -0.4 is 11.5 Å². The Hall–Kier alpha value is -1.31. The third-order valence-corrected chi connectivity index (χ3v) is 3.79. The van der Waals surface area contributed by atoms with Gasteiger partial charge in [-0.3, -0.25) is 14.5 Å². The molecule has 0 aromatic carbocycles. The summed E-state index contributed by atoms with van der Waals surface area (Å²) in [7, 11) is 0. The number of aromatic nitrogens is 2. The number of hydrogen-bond acceptors (Lipinski definition) is 6. The summed E-state index contributed by atoms with van der Waals surface area (Å²) in [6, 6.07) is 0. The molecule has 0 unspecified atom stereocenters. The number of piperazine rings is 1. The second kappa shape index (κ2) is 6.23. The lowest BCUT2D eigenvalue weighted by atomic mass is 10.3. The molecule has 1 aliphatic heterocycles. The van der Waals surface area contributed by atoms with Gasteiger partial charge in [0.05, 0.1) is 24.5 Å². The zero-order chi connectivity index (χ0) is 13.8. The Kier molecular flexibility index (Phi) is 4.62. The highest BCUT2D eigenvalue weighted by Crippen LogP contribution is 2.17. The number of β-amino-alcohol motifs (C(OH)–C–C–N with tert-alkyl or cyclic N) is 1. The molecule has 7 nitrogen and oxygen atoms in total. The fourth-order valence-electron chi connectivity index (χ4n) is 2.42. The minimum absolute atomic E-state index is 0.241. The first-order chi connectivity index (χ1) is 9.11. The van der Waals surface area contributed by atoms with Gasteiger partial charge in [-0.2, -0.15) is 5.10 Å². The van der Waals surface area contributed by atoms with Crippen LogP contribution >= 0.6 is 0 Å². The van der Waals surface area contributed by atoms with E-state index in [2.05, 4.69) is 14.9 Å². The molecule has 0 atom stereocenters. The lowest BCUT2D eigenvalue weighted by Crippen LogP contribution is -2.47. The van der Waals surface area contributed by atoms with Crippen LogP contribution in [0.4, 0.5) is 11.5 Å². The third kappa shape index (κ3) is 3.37. The standard InChI is InChI=1S/C12H24N6O/c1-10-11(13)12(14)15-18(10)7-6-16-2-4-17(5-3-16)8-9-19/h19H,2-9,13H2,1H3,(H2,14,15). The lowest BCUT2D eigenvalue weighted by molar-refractivity contribution is 0.109. The molecule has 108 valence electrons. The first kappa shape index (κ1) is 14.1. The topological polar surface area (TPSA) is 96.6 Å². The molecule has 0 radical (unpaired) electrons. The molecule has 19 heavy (non-hydrogen) atoms. The summed E-state index contributed by atoms with van der Waals surface area (Å²) < 4.78 is 1.88. The van der Waals surface area contributed by atoms with Crippen molar-refractivity contribution in [3.63, 3.8) is 0 Å². The van der Waals surface area contributed by atoms with Crippen LogP contribution in [-0.2, 0) is 6.54 Å². The molecule has 1 aromatic heterocycles. The van der Waals surface area contributed by atoms with Crippen LogP contribution in [0.2, 0.25) is 0 Å². The van der Waals surface area contributed by atoms with Gasteiger partial charge < -0.3 is 16.6 Å². The van der Waals surface area contributed by atoms with E-state index in [1.54, 1.807) is 0 Å². The minimum atomic E-state index is 0.241. The van der Waals surface area contributed by atoms with Crippen molar-refractivity contribution in [3.05, 3.63) is 5.69 Å². The van der Waals surface area contributed by atoms with Gasteiger partial charge in [0, 0.05) is 39.3 Å². The molecule has 1 aromatic rings. The Morgan fingerprint density at radius 2 is 1.63 bits per heavy atom. The summed E-state index contributed by atoms with van der Waals surface area (Å²) in [4.78, 5) is 4.69. The molecule has 2 rings (SSSR count). The van der Waals surface area contributed by atoms with Crippen LogP contribution in [0.25, 0.3) is 0 Å². The molecular weight excluding hydrogens is 244 g/mol. The summed E-state index contributed by atoms with van der Waals surface area (Å²) in [6.45, 7) is 8.83. The Morgan fingerprint density at radius 3 is 2.11 bits per heavy atom. The SMILES string of the molecule is Cc1c(N)c(N)nn1CCN1CCN(CCO)CC1. The highest BCUT2D eigenvalue weighted by molar-refractivity contribution is 5.61. The molecule has 1 fully saturated rings. The van der Waals surface area contributed by atoms with E-state index in [1.165, 1.54) is 0 Å². The van der Waals surface area contributed by atoms with Gasteiger partial charge >= 0.3 is 0 Å². The minimum Gasteiger partial charge on any atom is -0.395 e. The highest BCUT2D eigenvalue weighted by Gasteiger charge is 2.16. The molecule has 1 aliphatic rings. The zero-order valence-electron chi connectivity index (χ0n) is 11.5. The number of rotatable bonds is 5. The first-order valence-electron chi connectivity index (χ1n) is 6.75. The Morgan fingerprint density at radius 1 is 1.05 bits per heavy atom. The summed E-state index contributed by atoms with van der Waals surface area (Å²) in [5.74, 6) is 0.422. The largest absolute Gasteiger partial charge is 0.395 e. The Bertz CT molecular complexity index is 411. The van der Waals surface area contributed by atoms with E-state index in [1.807, 2.05) is 11.6 Å². The van der Waals surface area contributed by atoms with Crippen LogP contribution in [-0.4, -0.2) is 70.6 Å². The van der Waals surface area contributed by atoms with Crippen molar-refractivity contribution >= 4 is 11.5 Å². The van der Waals surface area contributed by atoms with E-state index >= 15 is 0 Å². The highest BCUT2D eigenvalue weighted by atomic mass is 16.3. The molecule has 5 N–H and O–H groups in total. The molecule has 1 saturated heterocycles. The molecule has 0 saturated carbocycles. The van der Waals surface area contributed by atoms with E-state index in [0.717, 1.165) is 51.5 Å². The van der Waals surface area contributed by atoms with Crippen molar-refractivity contribution in [1.29, 1.82) is 0 Å². The van der Waals surface area contributed by atoms with Crippen molar-refractivity contribution in [2.75, 3.05) is 57.3 Å². The van der Waals surface area contributed by atoms with E-state index in [-0.39, 0.29) is 6.61 Å². The Balaban J connectivity index is 1.79. The van der Waals surface area contributed by atoms with E-state index < -0.39 is 0 Å². The van der Waals surface area contributed by atoms with Gasteiger partial charge in [-0.1, -0.05) is 0 Å². The van der Waals surface area contributed by atoms with Gasteiger partial charge in [0.25, 0.3) is 0 Å². The van der Waals surface area contributed by atoms with Gasteiger partial charge in [-0.15, -0.1) is 0 Å². The molecule has 0 spiro atoms. The summed E-state index contributed by atoms with van der Waals surface area (Å²) >= 11 is 0. The summed E-state index contributed by atoms with van der Waals surface area (Å²) in [5, 5.41) is 13.1. The number of nitrogen functional groups attached to an aromatic ring is 2. The summed E-state index contributed by atoms with van der Waals surface area (Å²) in [5.41, 5.74) is 13.0. The number of aliphatic hydroxyl groups excluding tert-OH is 1. The number of hydrogen-bond donors (Lipinski definition) is 3. The average molecular weight is 268 g/mol. The number of aliphatic hydroxyl groups is 1. The van der Waals surface area contributed by atoms with Crippen molar-refractivity contribution in [2.45, 2.75) is 13.5 Å². The van der Waals surface area contributed by atoms with Crippen molar-refractivity contribution in [1.82, 2.24) is 19.6 Å². The maximum absolute atomic E-state index is 8.90. The van der Waals surface area contributed by atoms with Gasteiger partial charge in [-0.05, 0) is 6.92 Å². The molecular formula is C12H24N6O. The van der Waals surface area contributed by atoms with Crippen molar-refractivity contribution in [3.8, 4) is 0 Å².